The SMILES string of the molecule is [N-]=[N+]=NCCCNC(=O)c1ccc(N)c(NC(=O)OCC2c3ccccc3-c3ccccc32)c1. The minimum atomic E-state index is -0.652. The van der Waals surface area contributed by atoms with Gasteiger partial charge in [-0.15, -0.1) is 0 Å². The zero-order valence-corrected chi connectivity index (χ0v) is 18.4. The minimum Gasteiger partial charge on any atom is -0.448 e. The number of nitrogens with two attached hydrogens (primary N) is 1. The molecule has 3 aromatic rings. The van der Waals surface area contributed by atoms with E-state index in [2.05, 4.69) is 32.8 Å². The summed E-state index contributed by atoms with van der Waals surface area (Å²) in [7, 11) is 0. The molecule has 0 saturated carbocycles. The summed E-state index contributed by atoms with van der Waals surface area (Å²) in [4.78, 5) is 27.6. The van der Waals surface area contributed by atoms with Crippen LogP contribution in [0, 0.1) is 0 Å². The Morgan fingerprint density at radius 2 is 1.71 bits per heavy atom. The van der Waals surface area contributed by atoms with Crippen LogP contribution >= 0.6 is 0 Å². The van der Waals surface area contributed by atoms with Crippen LogP contribution < -0.4 is 16.4 Å². The molecule has 0 aliphatic heterocycles. The first-order valence-corrected chi connectivity index (χ1v) is 10.9. The lowest BCUT2D eigenvalue weighted by atomic mass is 9.98. The quantitative estimate of drug-likeness (QED) is 0.143. The van der Waals surface area contributed by atoms with Crippen molar-refractivity contribution < 1.29 is 14.3 Å². The number of hydrogen-bond acceptors (Lipinski definition) is 5. The number of fused-ring (bicyclic) bond motifs is 3. The number of nitrogens with one attached hydrogen (secondary N) is 2. The van der Waals surface area contributed by atoms with Gasteiger partial charge in [-0.3, -0.25) is 10.1 Å². The maximum Gasteiger partial charge on any atom is 0.411 e. The second-order valence-corrected chi connectivity index (χ2v) is 7.82. The van der Waals surface area contributed by atoms with Crippen LogP contribution in [0.4, 0.5) is 16.2 Å². The lowest BCUT2D eigenvalue weighted by Crippen LogP contribution is -2.25. The van der Waals surface area contributed by atoms with Gasteiger partial charge in [-0.1, -0.05) is 53.6 Å². The number of carbonyl (C=O) groups excluding carboxylic acids is 2. The molecule has 0 fully saturated rings. The van der Waals surface area contributed by atoms with E-state index in [1.54, 1.807) is 12.1 Å². The van der Waals surface area contributed by atoms with Crippen molar-refractivity contribution in [1.82, 2.24) is 5.32 Å². The largest absolute Gasteiger partial charge is 0.448 e. The number of nitrogen functional groups attached to an aromatic ring is 1. The van der Waals surface area contributed by atoms with Crippen LogP contribution in [0.3, 0.4) is 0 Å². The standard InChI is InChI=1S/C25H24N6O3/c26-22-11-10-16(24(32)28-12-5-13-29-31-27)14-23(22)30-25(33)34-15-21-19-8-3-1-6-17(19)18-7-2-4-9-20(18)21/h1-4,6-11,14,21H,5,12-13,15,26H2,(H,28,32)(H,30,33). The van der Waals surface area contributed by atoms with Gasteiger partial charge in [-0.05, 0) is 52.4 Å². The van der Waals surface area contributed by atoms with E-state index in [1.807, 2.05) is 36.4 Å². The van der Waals surface area contributed by atoms with E-state index < -0.39 is 6.09 Å². The van der Waals surface area contributed by atoms with E-state index in [-0.39, 0.29) is 18.4 Å². The second kappa shape index (κ2) is 10.4. The number of anilines is 2. The maximum atomic E-state index is 12.6. The Morgan fingerprint density at radius 3 is 2.38 bits per heavy atom. The number of carbonyl (C=O) groups is 2. The molecule has 0 radical (unpaired) electrons. The summed E-state index contributed by atoms with van der Waals surface area (Å²) >= 11 is 0. The van der Waals surface area contributed by atoms with Crippen LogP contribution in [0.25, 0.3) is 21.6 Å². The van der Waals surface area contributed by atoms with Crippen molar-refractivity contribution in [1.29, 1.82) is 0 Å². The number of azide groups is 1. The number of ether oxygens (including phenoxy) is 1. The molecule has 9 nitrogen and oxygen atoms in total. The highest BCUT2D eigenvalue weighted by atomic mass is 16.5. The highest BCUT2D eigenvalue weighted by molar-refractivity contribution is 5.98. The summed E-state index contributed by atoms with van der Waals surface area (Å²) in [5, 5.41) is 8.79. The third-order valence-corrected chi connectivity index (χ3v) is 5.68. The number of rotatable bonds is 8. The first-order valence-electron chi connectivity index (χ1n) is 10.9. The summed E-state index contributed by atoms with van der Waals surface area (Å²) in [5.41, 5.74) is 19.8. The normalized spacial score (nSPS) is 11.6. The third kappa shape index (κ3) is 4.95. The highest BCUT2D eigenvalue weighted by Gasteiger charge is 2.29. The van der Waals surface area contributed by atoms with E-state index in [0.717, 1.165) is 22.3 Å². The summed E-state index contributed by atoms with van der Waals surface area (Å²) in [6, 6.07) is 20.8. The molecule has 0 aromatic heterocycles. The number of benzene rings is 3. The van der Waals surface area contributed by atoms with Crippen LogP contribution in [0.15, 0.2) is 71.8 Å². The Labute approximate surface area is 196 Å². The van der Waals surface area contributed by atoms with Crippen molar-refractivity contribution in [2.24, 2.45) is 5.11 Å². The van der Waals surface area contributed by atoms with Crippen molar-refractivity contribution in [3.8, 4) is 11.1 Å². The van der Waals surface area contributed by atoms with Crippen LogP contribution in [0.1, 0.15) is 33.8 Å². The van der Waals surface area contributed by atoms with Gasteiger partial charge < -0.3 is 15.8 Å². The molecule has 0 unspecified atom stereocenters. The van der Waals surface area contributed by atoms with Crippen molar-refractivity contribution in [3.05, 3.63) is 93.9 Å². The Kier molecular flexibility index (Phi) is 6.95. The van der Waals surface area contributed by atoms with Gasteiger partial charge in [0.05, 0.1) is 11.4 Å². The number of nitrogens with zero attached hydrogens (tertiary/aromatic N) is 3. The second-order valence-electron chi connectivity index (χ2n) is 7.82. The minimum absolute atomic E-state index is 0.0574. The summed E-state index contributed by atoms with van der Waals surface area (Å²) < 4.78 is 5.56. The van der Waals surface area contributed by atoms with Gasteiger partial charge in [0.2, 0.25) is 0 Å². The average Bonchev–Trinajstić information content (AvgIpc) is 3.17. The smallest absolute Gasteiger partial charge is 0.411 e. The molecule has 0 saturated heterocycles. The maximum absolute atomic E-state index is 12.6. The predicted molar refractivity (Wildman–Crippen MR) is 131 cm³/mol. The van der Waals surface area contributed by atoms with E-state index >= 15 is 0 Å². The first kappa shape index (κ1) is 22.7. The van der Waals surface area contributed by atoms with Crippen LogP contribution in [-0.4, -0.2) is 31.7 Å². The zero-order valence-electron chi connectivity index (χ0n) is 18.4. The predicted octanol–water partition coefficient (Wildman–Crippen LogP) is 5.06. The van der Waals surface area contributed by atoms with Crippen molar-refractivity contribution in [2.45, 2.75) is 12.3 Å². The van der Waals surface area contributed by atoms with Gasteiger partial charge >= 0.3 is 6.09 Å². The highest BCUT2D eigenvalue weighted by Crippen LogP contribution is 2.44. The summed E-state index contributed by atoms with van der Waals surface area (Å²) in [6.45, 7) is 0.829. The Hall–Kier alpha value is -4.49. The lowest BCUT2D eigenvalue weighted by molar-refractivity contribution is 0.0953. The number of hydrogen-bond donors (Lipinski definition) is 3. The molecule has 34 heavy (non-hydrogen) atoms. The molecule has 0 spiro atoms. The van der Waals surface area contributed by atoms with Gasteiger partial charge in [0.1, 0.15) is 6.61 Å². The Morgan fingerprint density at radius 1 is 1.03 bits per heavy atom. The summed E-state index contributed by atoms with van der Waals surface area (Å²) in [5.74, 6) is -0.380. The van der Waals surface area contributed by atoms with E-state index in [4.69, 9.17) is 16.0 Å². The zero-order chi connectivity index (χ0) is 23.9. The van der Waals surface area contributed by atoms with Gasteiger partial charge in [-0.25, -0.2) is 4.79 Å². The van der Waals surface area contributed by atoms with Crippen molar-refractivity contribution >= 4 is 23.4 Å². The first-order chi connectivity index (χ1) is 16.6. The topological polar surface area (TPSA) is 142 Å². The average molecular weight is 457 g/mol. The van der Waals surface area contributed by atoms with E-state index in [1.165, 1.54) is 6.07 Å². The third-order valence-electron chi connectivity index (χ3n) is 5.68. The molecular formula is C25H24N6O3. The molecular weight excluding hydrogens is 432 g/mol. The van der Waals surface area contributed by atoms with Crippen molar-refractivity contribution in [3.63, 3.8) is 0 Å². The molecule has 0 atom stereocenters. The van der Waals surface area contributed by atoms with Gasteiger partial charge in [0.25, 0.3) is 5.91 Å². The molecule has 1 aliphatic rings. The Balaban J connectivity index is 1.38. The molecule has 9 heteroatoms. The molecule has 3 aromatic carbocycles. The molecule has 172 valence electrons. The molecule has 0 heterocycles. The van der Waals surface area contributed by atoms with E-state index in [9.17, 15) is 9.59 Å². The molecule has 1 aliphatic carbocycles. The fraction of sp³-hybridized carbons (Fsp3) is 0.200. The molecule has 0 bridgehead atoms. The fourth-order valence-corrected chi connectivity index (χ4v) is 4.05. The monoisotopic (exact) mass is 456 g/mol. The molecule has 2 amide bonds. The Bertz CT molecular complexity index is 1220. The van der Waals surface area contributed by atoms with Crippen molar-refractivity contribution in [2.75, 3.05) is 30.7 Å². The number of amides is 2. The van der Waals surface area contributed by atoms with Crippen LogP contribution in [-0.2, 0) is 4.74 Å². The van der Waals surface area contributed by atoms with Gasteiger partial charge in [0.15, 0.2) is 0 Å². The summed E-state index contributed by atoms with van der Waals surface area (Å²) in [6.07, 6.45) is -0.129. The molecule has 4 rings (SSSR count). The van der Waals surface area contributed by atoms with Crippen LogP contribution in [0.2, 0.25) is 0 Å². The van der Waals surface area contributed by atoms with Gasteiger partial charge in [0, 0.05) is 29.5 Å². The van der Waals surface area contributed by atoms with Gasteiger partial charge in [-0.2, -0.15) is 0 Å². The van der Waals surface area contributed by atoms with Crippen LogP contribution in [0.5, 0.6) is 0 Å². The van der Waals surface area contributed by atoms with E-state index in [0.29, 0.717) is 36.4 Å². The molecule has 4 N–H and O–H groups in total. The lowest BCUT2D eigenvalue weighted by Gasteiger charge is -2.15. The fourth-order valence-electron chi connectivity index (χ4n) is 4.05.